The molecule has 43 heavy (non-hydrogen) atoms. The zero-order chi connectivity index (χ0) is 29.3. The second-order valence-corrected chi connectivity index (χ2v) is 13.2. The number of fused-ring (bicyclic) bond motifs is 4. The van der Waals surface area contributed by atoms with Crippen molar-refractivity contribution in [1.82, 2.24) is 19.8 Å². The lowest BCUT2D eigenvalue weighted by Gasteiger charge is -2.47. The molecule has 5 heterocycles. The number of likely N-dealkylation sites (tertiary alicyclic amines) is 1. The molecule has 2 atom stereocenters. The van der Waals surface area contributed by atoms with Crippen molar-refractivity contribution in [2.24, 2.45) is 0 Å². The van der Waals surface area contributed by atoms with Crippen LogP contribution in [0.1, 0.15) is 32.1 Å². The molecule has 8 rings (SSSR count). The molecule has 0 aliphatic carbocycles. The average molecular weight is 615 g/mol. The highest BCUT2D eigenvalue weighted by Crippen LogP contribution is 2.44. The topological polar surface area (TPSA) is 61.8 Å². The number of halogens is 2. The zero-order valence-electron chi connectivity index (χ0n) is 23.9. The maximum Gasteiger partial charge on any atom is 0.319 e. The van der Waals surface area contributed by atoms with Crippen LogP contribution >= 0.6 is 23.2 Å². The van der Waals surface area contributed by atoms with Gasteiger partial charge >= 0.3 is 6.01 Å². The molecule has 4 saturated heterocycles. The van der Waals surface area contributed by atoms with Crippen molar-refractivity contribution in [3.63, 3.8) is 0 Å². The van der Waals surface area contributed by atoms with E-state index in [9.17, 15) is 4.79 Å². The standard InChI is InChI=1S/C34H33Cl2N5O2/c1-2-30(42)40-16-11-28-29(40)19-41(28)32-24-17-26(36)23(22-9-3-7-21-8-4-10-25(35)31(21)22)18-27(24)37-33(38-32)43-20-34-12-5-14-39(34)15-6-13-34/h2-4,7-10,17-18,28-29H,1,5-6,11-16,19-20H2/t28?,29-/m1/s1. The summed E-state index contributed by atoms with van der Waals surface area (Å²) in [7, 11) is 0. The summed E-state index contributed by atoms with van der Waals surface area (Å²) >= 11 is 13.8. The van der Waals surface area contributed by atoms with Gasteiger partial charge in [0.1, 0.15) is 12.4 Å². The van der Waals surface area contributed by atoms with Crippen molar-refractivity contribution in [2.45, 2.75) is 49.7 Å². The molecule has 220 valence electrons. The van der Waals surface area contributed by atoms with Crippen LogP contribution in [0.5, 0.6) is 6.01 Å². The van der Waals surface area contributed by atoms with E-state index in [0.29, 0.717) is 35.8 Å². The summed E-state index contributed by atoms with van der Waals surface area (Å²) in [6.45, 7) is 7.97. The second-order valence-electron chi connectivity index (χ2n) is 12.3. The summed E-state index contributed by atoms with van der Waals surface area (Å²) in [6, 6.07) is 16.8. The predicted octanol–water partition coefficient (Wildman–Crippen LogP) is 6.74. The van der Waals surface area contributed by atoms with E-state index in [0.717, 1.165) is 71.0 Å². The molecule has 4 aliphatic rings. The first kappa shape index (κ1) is 27.2. The molecule has 3 aromatic carbocycles. The van der Waals surface area contributed by atoms with Gasteiger partial charge in [0.15, 0.2) is 0 Å². The molecule has 4 fully saturated rings. The smallest absolute Gasteiger partial charge is 0.319 e. The summed E-state index contributed by atoms with van der Waals surface area (Å²) in [6.07, 6.45) is 7.01. The van der Waals surface area contributed by atoms with Gasteiger partial charge in [0, 0.05) is 39.5 Å². The van der Waals surface area contributed by atoms with Gasteiger partial charge in [-0.25, -0.2) is 0 Å². The molecule has 1 unspecified atom stereocenters. The van der Waals surface area contributed by atoms with Gasteiger partial charge in [-0.05, 0) is 80.4 Å². The molecule has 0 saturated carbocycles. The van der Waals surface area contributed by atoms with E-state index in [2.05, 4.69) is 34.6 Å². The maximum atomic E-state index is 12.5. The minimum Gasteiger partial charge on any atom is -0.461 e. The highest BCUT2D eigenvalue weighted by Gasteiger charge is 2.49. The largest absolute Gasteiger partial charge is 0.461 e. The minimum atomic E-state index is -0.0120. The Hall–Kier alpha value is -3.39. The quantitative estimate of drug-likeness (QED) is 0.224. The number of hydrogen-bond donors (Lipinski definition) is 0. The summed E-state index contributed by atoms with van der Waals surface area (Å²) < 4.78 is 6.49. The van der Waals surface area contributed by atoms with E-state index >= 15 is 0 Å². The molecule has 1 amide bonds. The number of anilines is 1. The highest BCUT2D eigenvalue weighted by atomic mass is 35.5. The number of carbonyl (C=O) groups is 1. The van der Waals surface area contributed by atoms with Crippen LogP contribution < -0.4 is 9.64 Å². The van der Waals surface area contributed by atoms with Crippen LogP contribution in [-0.2, 0) is 4.79 Å². The number of ether oxygens (including phenoxy) is 1. The van der Waals surface area contributed by atoms with Crippen LogP contribution in [0, 0.1) is 0 Å². The first-order valence-electron chi connectivity index (χ1n) is 15.2. The second kappa shape index (κ2) is 10.4. The third-order valence-electron chi connectivity index (χ3n) is 10.2. The molecule has 1 aromatic heterocycles. The van der Waals surface area contributed by atoms with Gasteiger partial charge in [-0.1, -0.05) is 60.1 Å². The van der Waals surface area contributed by atoms with Gasteiger partial charge in [0.25, 0.3) is 0 Å². The van der Waals surface area contributed by atoms with E-state index < -0.39 is 0 Å². The maximum absolute atomic E-state index is 12.5. The summed E-state index contributed by atoms with van der Waals surface area (Å²) in [4.78, 5) is 29.3. The Morgan fingerprint density at radius 3 is 2.58 bits per heavy atom. The Kier molecular flexibility index (Phi) is 6.55. The van der Waals surface area contributed by atoms with Gasteiger partial charge in [-0.2, -0.15) is 9.97 Å². The Morgan fingerprint density at radius 1 is 1.00 bits per heavy atom. The number of carbonyl (C=O) groups excluding carboxylic acids is 1. The van der Waals surface area contributed by atoms with Crippen LogP contribution in [0.2, 0.25) is 10.0 Å². The number of nitrogens with zero attached hydrogens (tertiary/aromatic N) is 5. The zero-order valence-corrected chi connectivity index (χ0v) is 25.4. The number of aromatic nitrogens is 2. The lowest BCUT2D eigenvalue weighted by molar-refractivity contribution is -0.127. The van der Waals surface area contributed by atoms with E-state index in [1.807, 2.05) is 35.2 Å². The molecule has 0 N–H and O–H groups in total. The van der Waals surface area contributed by atoms with Gasteiger partial charge < -0.3 is 14.5 Å². The van der Waals surface area contributed by atoms with Gasteiger partial charge in [0.05, 0.1) is 23.1 Å². The summed E-state index contributed by atoms with van der Waals surface area (Å²) in [5.74, 6) is 0.799. The van der Waals surface area contributed by atoms with Crippen molar-refractivity contribution >= 4 is 56.6 Å². The van der Waals surface area contributed by atoms with Crippen molar-refractivity contribution in [3.8, 4) is 17.1 Å². The molecule has 9 heteroatoms. The van der Waals surface area contributed by atoms with E-state index in [4.69, 9.17) is 37.9 Å². The van der Waals surface area contributed by atoms with Gasteiger partial charge in [-0.15, -0.1) is 0 Å². The first-order valence-corrected chi connectivity index (χ1v) is 16.0. The third-order valence-corrected chi connectivity index (χ3v) is 10.8. The number of hydrogen-bond acceptors (Lipinski definition) is 6. The van der Waals surface area contributed by atoms with Crippen LogP contribution in [-0.4, -0.2) is 76.1 Å². The molecular weight excluding hydrogens is 581 g/mol. The van der Waals surface area contributed by atoms with Gasteiger partial charge in [-0.3, -0.25) is 9.69 Å². The Bertz CT molecular complexity index is 1780. The fourth-order valence-electron chi connectivity index (χ4n) is 8.04. The van der Waals surface area contributed by atoms with Gasteiger partial charge in [0.2, 0.25) is 5.91 Å². The highest BCUT2D eigenvalue weighted by molar-refractivity contribution is 6.38. The first-order chi connectivity index (χ1) is 21.0. The SMILES string of the molecule is C=CC(=O)N1CCC2[C@H]1CN2c1nc(OCC23CCCN2CCC3)nc2cc(-c3cccc4cccc(Cl)c34)c(Cl)cc12. The van der Waals surface area contributed by atoms with E-state index in [-0.39, 0.29) is 23.5 Å². The molecule has 0 bridgehead atoms. The van der Waals surface area contributed by atoms with Crippen molar-refractivity contribution in [2.75, 3.05) is 37.7 Å². The Labute approximate surface area is 261 Å². The van der Waals surface area contributed by atoms with Crippen LogP contribution in [0.3, 0.4) is 0 Å². The number of benzene rings is 3. The third kappa shape index (κ3) is 4.31. The Balaban J connectivity index is 1.22. The molecule has 0 spiro atoms. The van der Waals surface area contributed by atoms with Crippen LogP contribution in [0.25, 0.3) is 32.8 Å². The summed E-state index contributed by atoms with van der Waals surface area (Å²) in [5, 5.41) is 4.18. The monoisotopic (exact) mass is 613 g/mol. The van der Waals surface area contributed by atoms with Crippen molar-refractivity contribution in [3.05, 3.63) is 71.2 Å². The summed E-state index contributed by atoms with van der Waals surface area (Å²) in [5.41, 5.74) is 2.69. The molecule has 4 aromatic rings. The van der Waals surface area contributed by atoms with Crippen molar-refractivity contribution in [1.29, 1.82) is 0 Å². The predicted molar refractivity (Wildman–Crippen MR) is 172 cm³/mol. The van der Waals surface area contributed by atoms with Crippen LogP contribution in [0.15, 0.2) is 61.2 Å². The number of rotatable bonds is 6. The van der Waals surface area contributed by atoms with E-state index in [1.54, 1.807) is 0 Å². The fourth-order valence-corrected chi connectivity index (χ4v) is 8.59. The normalized spacial score (nSPS) is 22.6. The van der Waals surface area contributed by atoms with E-state index in [1.165, 1.54) is 18.9 Å². The minimum absolute atomic E-state index is 0.0120. The average Bonchev–Trinajstić information content (AvgIpc) is 3.68. The Morgan fingerprint density at radius 2 is 1.79 bits per heavy atom. The lowest BCUT2D eigenvalue weighted by Crippen LogP contribution is -2.63. The number of amides is 1. The van der Waals surface area contributed by atoms with Crippen LogP contribution in [0.4, 0.5) is 5.82 Å². The molecular formula is C34H33Cl2N5O2. The molecule has 7 nitrogen and oxygen atoms in total. The van der Waals surface area contributed by atoms with Crippen molar-refractivity contribution < 1.29 is 9.53 Å². The molecule has 0 radical (unpaired) electrons. The molecule has 4 aliphatic heterocycles. The fraction of sp³-hybridized carbons (Fsp3) is 0.382. The lowest BCUT2D eigenvalue weighted by atomic mass is 9.95.